The first-order valence-electron chi connectivity index (χ1n) is 9.40. The van der Waals surface area contributed by atoms with Crippen molar-refractivity contribution in [1.29, 1.82) is 0 Å². The van der Waals surface area contributed by atoms with Crippen LogP contribution in [0, 0.1) is 0 Å². The number of hydrogen-bond donors (Lipinski definition) is 2. The highest BCUT2D eigenvalue weighted by molar-refractivity contribution is 6.08. The summed E-state index contributed by atoms with van der Waals surface area (Å²) < 4.78 is 10.5. The van der Waals surface area contributed by atoms with Crippen molar-refractivity contribution in [2.45, 2.75) is 6.92 Å². The Morgan fingerprint density at radius 1 is 1.17 bits per heavy atom. The van der Waals surface area contributed by atoms with Gasteiger partial charge in [-0.1, -0.05) is 36.4 Å². The van der Waals surface area contributed by atoms with E-state index < -0.39 is 5.97 Å². The zero-order valence-corrected chi connectivity index (χ0v) is 16.5. The molecule has 7 heteroatoms. The van der Waals surface area contributed by atoms with E-state index in [0.29, 0.717) is 18.0 Å². The second-order valence-electron chi connectivity index (χ2n) is 6.43. The fourth-order valence-corrected chi connectivity index (χ4v) is 3.20. The number of benzene rings is 2. The number of aliphatic hydroxyl groups excluding tert-OH is 1. The van der Waals surface area contributed by atoms with Gasteiger partial charge in [-0.3, -0.25) is 4.79 Å². The number of aliphatic hydroxyl groups is 1. The first kappa shape index (κ1) is 20.4. The molecule has 2 aromatic carbocycles. The van der Waals surface area contributed by atoms with Crippen LogP contribution in [0.4, 0.5) is 5.69 Å². The molecule has 0 aromatic heterocycles. The summed E-state index contributed by atoms with van der Waals surface area (Å²) in [4.78, 5) is 26.4. The van der Waals surface area contributed by atoms with E-state index in [2.05, 4.69) is 5.32 Å². The van der Waals surface area contributed by atoms with E-state index >= 15 is 0 Å². The molecule has 1 aliphatic heterocycles. The third kappa shape index (κ3) is 4.41. The SMILES string of the molecule is CCOc1ccc(-c2ccccc2)cc1NC1=C(C(=O)OC)CN(CCO)C1=O. The van der Waals surface area contributed by atoms with Gasteiger partial charge in [0.25, 0.3) is 5.91 Å². The summed E-state index contributed by atoms with van der Waals surface area (Å²) in [6, 6.07) is 15.5. The van der Waals surface area contributed by atoms with Gasteiger partial charge in [-0.2, -0.15) is 0 Å². The van der Waals surface area contributed by atoms with Crippen LogP contribution in [0.25, 0.3) is 11.1 Å². The van der Waals surface area contributed by atoms with Crippen molar-refractivity contribution in [2.24, 2.45) is 0 Å². The molecule has 0 unspecified atom stereocenters. The van der Waals surface area contributed by atoms with Crippen LogP contribution in [0.1, 0.15) is 6.92 Å². The van der Waals surface area contributed by atoms with Crippen LogP contribution in [0.15, 0.2) is 59.8 Å². The van der Waals surface area contributed by atoms with Crippen LogP contribution in [0.3, 0.4) is 0 Å². The smallest absolute Gasteiger partial charge is 0.337 e. The lowest BCUT2D eigenvalue weighted by Gasteiger charge is -2.17. The van der Waals surface area contributed by atoms with Gasteiger partial charge in [0.1, 0.15) is 11.4 Å². The Morgan fingerprint density at radius 3 is 2.59 bits per heavy atom. The lowest BCUT2D eigenvalue weighted by atomic mass is 10.0. The number of carbonyl (C=O) groups is 2. The van der Waals surface area contributed by atoms with E-state index in [1.807, 2.05) is 55.5 Å². The predicted molar refractivity (Wildman–Crippen MR) is 109 cm³/mol. The highest BCUT2D eigenvalue weighted by atomic mass is 16.5. The van der Waals surface area contributed by atoms with Gasteiger partial charge in [-0.25, -0.2) is 4.79 Å². The minimum atomic E-state index is -0.585. The Balaban J connectivity index is 2.01. The summed E-state index contributed by atoms with van der Waals surface area (Å²) in [5, 5.41) is 12.3. The monoisotopic (exact) mass is 396 g/mol. The molecular formula is C22H24N2O5. The molecule has 2 N–H and O–H groups in total. The van der Waals surface area contributed by atoms with Gasteiger partial charge in [0, 0.05) is 6.54 Å². The lowest BCUT2D eigenvalue weighted by molar-refractivity contribution is -0.136. The molecule has 0 bridgehead atoms. The van der Waals surface area contributed by atoms with Crippen molar-refractivity contribution in [3.8, 4) is 16.9 Å². The van der Waals surface area contributed by atoms with Gasteiger partial charge in [0.05, 0.1) is 38.1 Å². The second kappa shape index (κ2) is 9.25. The van der Waals surface area contributed by atoms with Gasteiger partial charge >= 0.3 is 5.97 Å². The molecular weight excluding hydrogens is 372 g/mol. The Labute approximate surface area is 169 Å². The number of rotatable bonds is 8. The number of hydrogen-bond acceptors (Lipinski definition) is 6. The van der Waals surface area contributed by atoms with E-state index in [1.165, 1.54) is 12.0 Å². The molecule has 1 aliphatic rings. The fraction of sp³-hybridized carbons (Fsp3) is 0.273. The molecule has 7 nitrogen and oxygen atoms in total. The van der Waals surface area contributed by atoms with Crippen molar-refractivity contribution < 1.29 is 24.2 Å². The van der Waals surface area contributed by atoms with Crippen LogP contribution in [-0.4, -0.2) is 55.3 Å². The Morgan fingerprint density at radius 2 is 1.93 bits per heavy atom. The predicted octanol–water partition coefficient (Wildman–Crippen LogP) is 2.43. The van der Waals surface area contributed by atoms with Crippen molar-refractivity contribution in [2.75, 3.05) is 38.7 Å². The summed E-state index contributed by atoms with van der Waals surface area (Å²) in [7, 11) is 1.27. The molecule has 152 valence electrons. The number of nitrogens with zero attached hydrogens (tertiary/aromatic N) is 1. The average Bonchev–Trinajstić information content (AvgIpc) is 3.05. The van der Waals surface area contributed by atoms with Gasteiger partial charge in [-0.15, -0.1) is 0 Å². The fourth-order valence-electron chi connectivity index (χ4n) is 3.20. The van der Waals surface area contributed by atoms with E-state index in [1.54, 1.807) is 0 Å². The molecule has 0 saturated carbocycles. The molecule has 3 rings (SSSR count). The molecule has 0 radical (unpaired) electrons. The van der Waals surface area contributed by atoms with E-state index in [0.717, 1.165) is 11.1 Å². The maximum absolute atomic E-state index is 12.8. The van der Waals surface area contributed by atoms with Gasteiger partial charge in [0.15, 0.2) is 0 Å². The second-order valence-corrected chi connectivity index (χ2v) is 6.43. The first-order chi connectivity index (χ1) is 14.1. The average molecular weight is 396 g/mol. The number of ether oxygens (including phenoxy) is 2. The third-order valence-corrected chi connectivity index (χ3v) is 4.60. The summed E-state index contributed by atoms with van der Waals surface area (Å²) in [5.41, 5.74) is 2.88. The minimum Gasteiger partial charge on any atom is -0.492 e. The van der Waals surface area contributed by atoms with Gasteiger partial charge in [0.2, 0.25) is 0 Å². The lowest BCUT2D eigenvalue weighted by Crippen LogP contribution is -2.31. The molecule has 0 spiro atoms. The van der Waals surface area contributed by atoms with E-state index in [4.69, 9.17) is 9.47 Å². The Hall–Kier alpha value is -3.32. The minimum absolute atomic E-state index is 0.0801. The van der Waals surface area contributed by atoms with Crippen LogP contribution < -0.4 is 10.1 Å². The molecule has 0 fully saturated rings. The van der Waals surface area contributed by atoms with Crippen molar-refractivity contribution in [1.82, 2.24) is 4.90 Å². The summed E-state index contributed by atoms with van der Waals surface area (Å²) in [5.74, 6) is -0.386. The Bertz CT molecular complexity index is 924. The molecule has 1 heterocycles. The summed E-state index contributed by atoms with van der Waals surface area (Å²) in [6.07, 6.45) is 0. The molecule has 2 aromatic rings. The van der Waals surface area contributed by atoms with Crippen LogP contribution in [0.2, 0.25) is 0 Å². The van der Waals surface area contributed by atoms with Gasteiger partial charge < -0.3 is 24.8 Å². The Kier molecular flexibility index (Phi) is 6.51. The number of esters is 1. The topological polar surface area (TPSA) is 88.1 Å². The zero-order chi connectivity index (χ0) is 20.8. The highest BCUT2D eigenvalue weighted by Crippen LogP contribution is 2.33. The zero-order valence-electron chi connectivity index (χ0n) is 16.5. The maximum atomic E-state index is 12.8. The number of methoxy groups -OCH3 is 1. The molecule has 1 amide bonds. The van der Waals surface area contributed by atoms with Gasteiger partial charge in [-0.05, 0) is 30.2 Å². The van der Waals surface area contributed by atoms with E-state index in [9.17, 15) is 14.7 Å². The van der Waals surface area contributed by atoms with Crippen molar-refractivity contribution in [3.05, 3.63) is 59.8 Å². The maximum Gasteiger partial charge on any atom is 0.337 e. The largest absolute Gasteiger partial charge is 0.492 e. The molecule has 29 heavy (non-hydrogen) atoms. The third-order valence-electron chi connectivity index (χ3n) is 4.60. The molecule has 0 saturated heterocycles. The van der Waals surface area contributed by atoms with Crippen molar-refractivity contribution >= 4 is 17.6 Å². The standard InChI is InChI=1S/C22H24N2O5/c1-3-29-19-10-9-16(15-7-5-4-6-8-15)13-18(19)23-20-17(22(27)28-2)14-24(11-12-25)21(20)26/h4-10,13,23,25H,3,11-12,14H2,1-2H3. The number of amides is 1. The highest BCUT2D eigenvalue weighted by Gasteiger charge is 2.34. The van der Waals surface area contributed by atoms with Crippen molar-refractivity contribution in [3.63, 3.8) is 0 Å². The number of nitrogens with one attached hydrogen (secondary N) is 1. The number of β-amino-alcohol motifs (C(OH)–C–C–N with tert-alkyl or cyclic N) is 1. The number of carbonyl (C=O) groups excluding carboxylic acids is 2. The quantitative estimate of drug-likeness (QED) is 0.667. The first-order valence-corrected chi connectivity index (χ1v) is 9.40. The van der Waals surface area contributed by atoms with Crippen LogP contribution >= 0.6 is 0 Å². The molecule has 0 atom stereocenters. The summed E-state index contributed by atoms with van der Waals surface area (Å²) in [6.45, 7) is 2.34. The van der Waals surface area contributed by atoms with E-state index in [-0.39, 0.29) is 36.9 Å². The number of anilines is 1. The molecule has 0 aliphatic carbocycles. The summed E-state index contributed by atoms with van der Waals surface area (Å²) >= 11 is 0. The van der Waals surface area contributed by atoms with Crippen LogP contribution in [0.5, 0.6) is 5.75 Å². The normalized spacial score (nSPS) is 13.6. The van der Waals surface area contributed by atoms with Crippen LogP contribution in [-0.2, 0) is 14.3 Å².